The van der Waals surface area contributed by atoms with E-state index in [9.17, 15) is 4.79 Å². The van der Waals surface area contributed by atoms with E-state index in [1.54, 1.807) is 7.11 Å². The van der Waals surface area contributed by atoms with Crippen molar-refractivity contribution in [3.05, 3.63) is 24.3 Å². The third-order valence-corrected chi connectivity index (χ3v) is 9.97. The highest BCUT2D eigenvalue weighted by atomic mass is 28.4. The second-order valence-electron chi connectivity index (χ2n) is 9.52. The van der Waals surface area contributed by atoms with E-state index in [1.807, 2.05) is 29.2 Å². The summed E-state index contributed by atoms with van der Waals surface area (Å²) in [4.78, 5) is 14.9. The van der Waals surface area contributed by atoms with E-state index in [0.29, 0.717) is 0 Å². The molecule has 0 spiro atoms. The molecule has 0 aromatic heterocycles. The number of ether oxygens (including phenoxy) is 1. The summed E-state index contributed by atoms with van der Waals surface area (Å²) in [6.45, 7) is 17.5. The van der Waals surface area contributed by atoms with Crippen molar-refractivity contribution in [3.8, 4) is 5.75 Å². The third-order valence-electron chi connectivity index (χ3n) is 5.51. The van der Waals surface area contributed by atoms with Gasteiger partial charge in [-0.05, 0) is 47.8 Å². The smallest absolute Gasteiger partial charge is 0.257 e. The molecule has 1 aromatic carbocycles. The molecule has 1 amide bonds. The number of methoxy groups -OCH3 is 1. The Labute approximate surface area is 153 Å². The van der Waals surface area contributed by atoms with Gasteiger partial charge < -0.3 is 14.1 Å². The van der Waals surface area contributed by atoms with Crippen molar-refractivity contribution in [1.29, 1.82) is 0 Å². The van der Waals surface area contributed by atoms with Crippen LogP contribution in [0.25, 0.3) is 0 Å². The maximum absolute atomic E-state index is 13.0. The van der Waals surface area contributed by atoms with E-state index in [2.05, 4.69) is 54.6 Å². The zero-order chi connectivity index (χ0) is 19.2. The molecule has 1 saturated heterocycles. The molecule has 0 radical (unpaired) electrons. The van der Waals surface area contributed by atoms with Gasteiger partial charge in [-0.1, -0.05) is 41.5 Å². The van der Waals surface area contributed by atoms with Crippen LogP contribution >= 0.6 is 0 Å². The number of carbonyl (C=O) groups is 1. The van der Waals surface area contributed by atoms with E-state index < -0.39 is 8.32 Å². The monoisotopic (exact) mass is 363 g/mol. The van der Waals surface area contributed by atoms with E-state index in [4.69, 9.17) is 9.16 Å². The number of β-lactam (4-membered cyclic amide) rings is 1. The van der Waals surface area contributed by atoms with Crippen LogP contribution in [0, 0.1) is 5.41 Å². The second-order valence-corrected chi connectivity index (χ2v) is 14.3. The van der Waals surface area contributed by atoms with Gasteiger partial charge in [-0.25, -0.2) is 0 Å². The van der Waals surface area contributed by atoms with Crippen LogP contribution in [0.15, 0.2) is 24.3 Å². The van der Waals surface area contributed by atoms with E-state index in [-0.39, 0.29) is 28.5 Å². The van der Waals surface area contributed by atoms with Gasteiger partial charge >= 0.3 is 0 Å². The van der Waals surface area contributed by atoms with Crippen LogP contribution in [0.1, 0.15) is 41.5 Å². The molecule has 1 fully saturated rings. The van der Waals surface area contributed by atoms with Gasteiger partial charge in [0.1, 0.15) is 11.9 Å². The summed E-state index contributed by atoms with van der Waals surface area (Å²) in [6, 6.07) is 7.70. The highest BCUT2D eigenvalue weighted by molar-refractivity contribution is 6.74. The molecule has 2 rings (SSSR count). The zero-order valence-electron chi connectivity index (χ0n) is 17.1. The van der Waals surface area contributed by atoms with Crippen LogP contribution in [0.5, 0.6) is 5.75 Å². The first-order chi connectivity index (χ1) is 11.3. The van der Waals surface area contributed by atoms with Crippen molar-refractivity contribution in [2.75, 3.05) is 12.0 Å². The summed E-state index contributed by atoms with van der Waals surface area (Å²) in [7, 11) is -0.369. The SMILES string of the molecule is COc1ccc(N2C(=O)[C@H](O[Si](C)(C)C(C)(C)C)[C@@H]2C(C)(C)C)cc1. The van der Waals surface area contributed by atoms with E-state index in [1.165, 1.54) is 0 Å². The number of carbonyl (C=O) groups excluding carboxylic acids is 1. The molecule has 0 unspecified atom stereocenters. The van der Waals surface area contributed by atoms with E-state index >= 15 is 0 Å². The van der Waals surface area contributed by atoms with Crippen LogP contribution in [0.2, 0.25) is 18.1 Å². The fourth-order valence-corrected chi connectivity index (χ4v) is 4.16. The Kier molecular flexibility index (Phi) is 5.14. The third kappa shape index (κ3) is 3.77. The van der Waals surface area contributed by atoms with Crippen molar-refractivity contribution in [2.24, 2.45) is 5.41 Å². The lowest BCUT2D eigenvalue weighted by Crippen LogP contribution is -2.72. The van der Waals surface area contributed by atoms with Crippen LogP contribution in [0.3, 0.4) is 0 Å². The van der Waals surface area contributed by atoms with Crippen molar-refractivity contribution in [2.45, 2.75) is 71.8 Å². The molecule has 0 bridgehead atoms. The number of amides is 1. The summed E-state index contributed by atoms with van der Waals surface area (Å²) < 4.78 is 11.7. The van der Waals surface area contributed by atoms with Crippen LogP contribution in [-0.2, 0) is 9.22 Å². The van der Waals surface area contributed by atoms with Gasteiger partial charge in [0.15, 0.2) is 8.32 Å². The van der Waals surface area contributed by atoms with Crippen LogP contribution < -0.4 is 9.64 Å². The molecule has 140 valence electrons. The Hall–Kier alpha value is -1.33. The lowest BCUT2D eigenvalue weighted by molar-refractivity contribution is -0.139. The Morgan fingerprint density at radius 2 is 1.52 bits per heavy atom. The Morgan fingerprint density at radius 3 is 1.92 bits per heavy atom. The molecule has 1 aliphatic heterocycles. The second kappa shape index (κ2) is 6.43. The van der Waals surface area contributed by atoms with Crippen LogP contribution in [0.4, 0.5) is 5.69 Å². The zero-order valence-corrected chi connectivity index (χ0v) is 18.1. The average molecular weight is 364 g/mol. The van der Waals surface area contributed by atoms with Crippen molar-refractivity contribution < 1.29 is 14.0 Å². The van der Waals surface area contributed by atoms with Gasteiger partial charge in [0.05, 0.1) is 13.2 Å². The summed E-state index contributed by atoms with van der Waals surface area (Å²) >= 11 is 0. The number of nitrogens with zero attached hydrogens (tertiary/aromatic N) is 1. The summed E-state index contributed by atoms with van der Waals surface area (Å²) in [5.74, 6) is 0.855. The normalized spacial score (nSPS) is 22.0. The summed E-state index contributed by atoms with van der Waals surface area (Å²) in [5, 5.41) is 0.0796. The van der Waals surface area contributed by atoms with Crippen molar-refractivity contribution in [3.63, 3.8) is 0 Å². The molecule has 25 heavy (non-hydrogen) atoms. The summed E-state index contributed by atoms with van der Waals surface area (Å²) in [5.41, 5.74) is 0.835. The molecule has 0 aliphatic carbocycles. The lowest BCUT2D eigenvalue weighted by atomic mass is 9.76. The molecule has 1 heterocycles. The number of anilines is 1. The lowest BCUT2D eigenvalue weighted by Gasteiger charge is -2.55. The highest BCUT2D eigenvalue weighted by Gasteiger charge is 2.56. The fourth-order valence-electron chi connectivity index (χ4n) is 2.94. The van der Waals surface area contributed by atoms with Crippen molar-refractivity contribution in [1.82, 2.24) is 0 Å². The van der Waals surface area contributed by atoms with Gasteiger partial charge in [0.25, 0.3) is 5.91 Å². The number of rotatable bonds is 4. The topological polar surface area (TPSA) is 38.8 Å². The predicted molar refractivity (Wildman–Crippen MR) is 106 cm³/mol. The fraction of sp³-hybridized carbons (Fsp3) is 0.650. The Bertz CT molecular complexity index is 626. The Balaban J connectivity index is 2.31. The number of benzene rings is 1. The first-order valence-electron chi connectivity index (χ1n) is 8.94. The minimum atomic E-state index is -2.01. The average Bonchev–Trinajstić information content (AvgIpc) is 2.48. The van der Waals surface area contributed by atoms with Gasteiger partial charge in [-0.2, -0.15) is 0 Å². The molecule has 0 N–H and O–H groups in total. The Morgan fingerprint density at radius 1 is 1.00 bits per heavy atom. The van der Waals surface area contributed by atoms with Crippen molar-refractivity contribution >= 4 is 19.9 Å². The maximum Gasteiger partial charge on any atom is 0.257 e. The number of hydrogen-bond donors (Lipinski definition) is 0. The van der Waals surface area contributed by atoms with Gasteiger partial charge in [0, 0.05) is 5.69 Å². The first-order valence-corrected chi connectivity index (χ1v) is 11.9. The minimum Gasteiger partial charge on any atom is -0.497 e. The quantitative estimate of drug-likeness (QED) is 0.567. The molecule has 1 aromatic rings. The molecular weight excluding hydrogens is 330 g/mol. The van der Waals surface area contributed by atoms with Gasteiger partial charge in [0.2, 0.25) is 0 Å². The molecule has 2 atom stereocenters. The van der Waals surface area contributed by atoms with E-state index in [0.717, 1.165) is 11.4 Å². The summed E-state index contributed by atoms with van der Waals surface area (Å²) in [6.07, 6.45) is -0.358. The standard InChI is InChI=1S/C20H33NO3Si/c1-19(2,3)17-16(24-25(8,9)20(4,5)6)18(22)21(17)14-10-12-15(23-7)13-11-14/h10-13,16-17H,1-9H3/t16-,17-/m1/s1. The molecule has 0 saturated carbocycles. The molecule has 4 nitrogen and oxygen atoms in total. The van der Waals surface area contributed by atoms with Gasteiger partial charge in [-0.3, -0.25) is 4.79 Å². The number of hydrogen-bond acceptors (Lipinski definition) is 3. The molecule has 1 aliphatic rings. The highest BCUT2D eigenvalue weighted by Crippen LogP contribution is 2.45. The first kappa shape index (κ1) is 20.0. The minimum absolute atomic E-state index is 0.0301. The van der Waals surface area contributed by atoms with Gasteiger partial charge in [-0.15, -0.1) is 0 Å². The predicted octanol–water partition coefficient (Wildman–Crippen LogP) is 4.85. The maximum atomic E-state index is 13.0. The molecular formula is C20H33NO3Si. The van der Waals surface area contributed by atoms with Crippen LogP contribution in [-0.4, -0.2) is 33.5 Å². The molecule has 5 heteroatoms. The largest absolute Gasteiger partial charge is 0.497 e.